The Morgan fingerprint density at radius 1 is 1.09 bits per heavy atom. The van der Waals surface area contributed by atoms with E-state index in [1.54, 1.807) is 0 Å². The molecule has 0 radical (unpaired) electrons. The van der Waals surface area contributed by atoms with Crippen LogP contribution in [0.2, 0.25) is 0 Å². The Hall–Kier alpha value is -2.57. The van der Waals surface area contributed by atoms with Crippen LogP contribution in [0.25, 0.3) is 6.08 Å². The van der Waals surface area contributed by atoms with E-state index >= 15 is 0 Å². The van der Waals surface area contributed by atoms with Gasteiger partial charge in [0, 0.05) is 30.7 Å². The average Bonchev–Trinajstić information content (AvgIpc) is 3.28. The number of benzene rings is 2. The lowest BCUT2D eigenvalue weighted by Crippen LogP contribution is -2.38. The van der Waals surface area contributed by atoms with Crippen LogP contribution in [0, 0.1) is 11.7 Å². The van der Waals surface area contributed by atoms with Gasteiger partial charge in [-0.1, -0.05) is 30.7 Å². The third-order valence-corrected chi connectivity index (χ3v) is 6.19. The Kier molecular flexibility index (Phi) is 8.02. The maximum absolute atomic E-state index is 13.4. The zero-order valence-corrected chi connectivity index (χ0v) is 18.4. The molecule has 6 heteroatoms. The quantitative estimate of drug-likeness (QED) is 0.514. The van der Waals surface area contributed by atoms with Crippen molar-refractivity contribution in [2.75, 3.05) is 33.1 Å². The fourth-order valence-electron chi connectivity index (χ4n) is 4.40. The lowest BCUT2D eigenvalue weighted by Gasteiger charge is -2.32. The monoisotopic (exact) mass is 441 g/mol. The lowest BCUT2D eigenvalue weighted by molar-refractivity contribution is 0.173. The zero-order valence-electron chi connectivity index (χ0n) is 18.4. The molecule has 1 fully saturated rings. The maximum Gasteiger partial charge on any atom is 0.231 e. The van der Waals surface area contributed by atoms with Crippen LogP contribution in [-0.4, -0.2) is 38.2 Å². The van der Waals surface area contributed by atoms with E-state index in [4.69, 9.17) is 19.3 Å². The maximum atomic E-state index is 13.4. The Labute approximate surface area is 189 Å². The summed E-state index contributed by atoms with van der Waals surface area (Å²) >= 11 is 0. The molecule has 0 bridgehead atoms. The Bertz CT molecular complexity index is 899. The number of hydrogen-bond donors (Lipinski definition) is 2. The predicted octanol–water partition coefficient (Wildman–Crippen LogP) is 4.89. The molecule has 2 aromatic carbocycles. The minimum absolute atomic E-state index is 0.205. The standard InChI is InChI=1S/C26H32FNO4/c27-22-9-7-19(8-10-22)23-11-12-28-16-21(23)17-30-24-15-26-25(31-18-32-26)14-20(24)6-4-2-1-3-5-13-29/h4,6-10,14-15,21,23,28-29H,1-3,5,11-13,16-18H2/t21-,23-/m0/s1. The molecule has 2 heterocycles. The molecule has 0 amide bonds. The summed E-state index contributed by atoms with van der Waals surface area (Å²) in [5.41, 5.74) is 2.13. The number of unbranched alkanes of at least 4 members (excludes halogenated alkanes) is 3. The van der Waals surface area contributed by atoms with E-state index in [0.717, 1.165) is 67.8 Å². The molecule has 1 saturated heterocycles. The minimum Gasteiger partial charge on any atom is -0.492 e. The number of nitrogens with one attached hydrogen (secondary N) is 1. The molecule has 0 spiro atoms. The molecule has 0 unspecified atom stereocenters. The molecule has 0 aromatic heterocycles. The van der Waals surface area contributed by atoms with Gasteiger partial charge in [0.2, 0.25) is 6.79 Å². The van der Waals surface area contributed by atoms with Crippen LogP contribution in [0.3, 0.4) is 0 Å². The minimum atomic E-state index is -0.205. The van der Waals surface area contributed by atoms with Gasteiger partial charge in [-0.3, -0.25) is 0 Å². The molecule has 5 nitrogen and oxygen atoms in total. The van der Waals surface area contributed by atoms with E-state index in [0.29, 0.717) is 18.3 Å². The Morgan fingerprint density at radius 3 is 2.72 bits per heavy atom. The Balaban J connectivity index is 1.45. The molecular formula is C26H32FNO4. The topological polar surface area (TPSA) is 60.0 Å². The van der Waals surface area contributed by atoms with Crippen LogP contribution >= 0.6 is 0 Å². The fourth-order valence-corrected chi connectivity index (χ4v) is 4.40. The summed E-state index contributed by atoms with van der Waals surface area (Å²) < 4.78 is 30.8. The molecule has 0 aliphatic carbocycles. The zero-order chi connectivity index (χ0) is 22.2. The van der Waals surface area contributed by atoms with E-state index in [-0.39, 0.29) is 25.1 Å². The van der Waals surface area contributed by atoms with E-state index < -0.39 is 0 Å². The highest BCUT2D eigenvalue weighted by Crippen LogP contribution is 2.39. The third-order valence-electron chi connectivity index (χ3n) is 6.19. The van der Waals surface area contributed by atoms with E-state index in [1.165, 1.54) is 12.1 Å². The first-order valence-electron chi connectivity index (χ1n) is 11.5. The summed E-state index contributed by atoms with van der Waals surface area (Å²) in [5.74, 6) is 2.64. The number of aliphatic hydroxyl groups excluding tert-OH is 1. The molecule has 4 rings (SSSR count). The van der Waals surface area contributed by atoms with Gasteiger partial charge in [-0.25, -0.2) is 4.39 Å². The number of halogens is 1. The van der Waals surface area contributed by atoms with Gasteiger partial charge >= 0.3 is 0 Å². The molecule has 2 aliphatic heterocycles. The van der Waals surface area contributed by atoms with Crippen molar-refractivity contribution >= 4 is 6.08 Å². The largest absolute Gasteiger partial charge is 0.492 e. The number of allylic oxidation sites excluding steroid dienone is 1. The first kappa shape index (κ1) is 22.6. The third kappa shape index (κ3) is 5.81. The van der Waals surface area contributed by atoms with Crippen LogP contribution in [0.5, 0.6) is 17.2 Å². The van der Waals surface area contributed by atoms with Gasteiger partial charge in [0.05, 0.1) is 6.61 Å². The van der Waals surface area contributed by atoms with Crippen molar-refractivity contribution in [3.05, 3.63) is 59.4 Å². The average molecular weight is 442 g/mol. The molecular weight excluding hydrogens is 409 g/mol. The van der Waals surface area contributed by atoms with Crippen molar-refractivity contribution in [2.45, 2.75) is 38.0 Å². The fraction of sp³-hybridized carbons (Fsp3) is 0.462. The normalized spacial score (nSPS) is 20.1. The van der Waals surface area contributed by atoms with Crippen molar-refractivity contribution < 1.29 is 23.7 Å². The van der Waals surface area contributed by atoms with E-state index in [2.05, 4.69) is 17.5 Å². The first-order valence-corrected chi connectivity index (χ1v) is 11.5. The van der Waals surface area contributed by atoms with Crippen molar-refractivity contribution in [3.8, 4) is 17.2 Å². The second-order valence-electron chi connectivity index (χ2n) is 8.44. The Morgan fingerprint density at radius 2 is 1.91 bits per heavy atom. The second-order valence-corrected chi connectivity index (χ2v) is 8.44. The number of aliphatic hydroxyl groups is 1. The van der Waals surface area contributed by atoms with Crippen LogP contribution in [0.4, 0.5) is 4.39 Å². The predicted molar refractivity (Wildman–Crippen MR) is 123 cm³/mol. The number of rotatable bonds is 10. The van der Waals surface area contributed by atoms with Crippen molar-refractivity contribution in [1.82, 2.24) is 5.32 Å². The molecule has 0 saturated carbocycles. The number of hydrogen-bond acceptors (Lipinski definition) is 5. The number of piperidine rings is 1. The summed E-state index contributed by atoms with van der Waals surface area (Å²) in [4.78, 5) is 0. The smallest absolute Gasteiger partial charge is 0.231 e. The van der Waals surface area contributed by atoms with Gasteiger partial charge in [-0.2, -0.15) is 0 Å². The van der Waals surface area contributed by atoms with Crippen LogP contribution in [-0.2, 0) is 0 Å². The SMILES string of the molecule is OCCCCCC=Cc1cc2c(cc1OC[C@@H]1CNCC[C@H]1c1ccc(F)cc1)OCO2. The van der Waals surface area contributed by atoms with Gasteiger partial charge in [0.25, 0.3) is 0 Å². The summed E-state index contributed by atoms with van der Waals surface area (Å²) in [6.45, 7) is 2.85. The molecule has 2 N–H and O–H groups in total. The highest BCUT2D eigenvalue weighted by atomic mass is 19.1. The summed E-state index contributed by atoms with van der Waals surface area (Å²) in [6, 6.07) is 10.7. The highest BCUT2D eigenvalue weighted by molar-refractivity contribution is 5.64. The van der Waals surface area contributed by atoms with Crippen LogP contribution in [0.15, 0.2) is 42.5 Å². The molecule has 32 heavy (non-hydrogen) atoms. The number of fused-ring (bicyclic) bond motifs is 1. The van der Waals surface area contributed by atoms with Crippen LogP contribution in [0.1, 0.15) is 49.1 Å². The molecule has 2 atom stereocenters. The van der Waals surface area contributed by atoms with Gasteiger partial charge in [0.1, 0.15) is 11.6 Å². The van der Waals surface area contributed by atoms with E-state index in [1.807, 2.05) is 24.3 Å². The van der Waals surface area contributed by atoms with Gasteiger partial charge in [-0.05, 0) is 61.9 Å². The number of ether oxygens (including phenoxy) is 3. The van der Waals surface area contributed by atoms with Gasteiger partial charge in [-0.15, -0.1) is 0 Å². The highest BCUT2D eigenvalue weighted by Gasteiger charge is 2.27. The summed E-state index contributed by atoms with van der Waals surface area (Å²) in [6.07, 6.45) is 9.08. The van der Waals surface area contributed by atoms with Crippen molar-refractivity contribution in [1.29, 1.82) is 0 Å². The van der Waals surface area contributed by atoms with Crippen molar-refractivity contribution in [2.24, 2.45) is 5.92 Å². The van der Waals surface area contributed by atoms with Crippen molar-refractivity contribution in [3.63, 3.8) is 0 Å². The molecule has 2 aliphatic rings. The second kappa shape index (κ2) is 11.3. The summed E-state index contributed by atoms with van der Waals surface area (Å²) in [5, 5.41) is 12.4. The van der Waals surface area contributed by atoms with Crippen LogP contribution < -0.4 is 19.5 Å². The van der Waals surface area contributed by atoms with E-state index in [9.17, 15) is 4.39 Å². The van der Waals surface area contributed by atoms with Gasteiger partial charge in [0.15, 0.2) is 11.5 Å². The van der Waals surface area contributed by atoms with Gasteiger partial charge < -0.3 is 24.6 Å². The summed E-state index contributed by atoms with van der Waals surface area (Å²) in [7, 11) is 0. The lowest BCUT2D eigenvalue weighted by atomic mass is 9.81. The molecule has 172 valence electrons. The molecule has 2 aromatic rings. The first-order chi connectivity index (χ1) is 15.7.